The summed E-state index contributed by atoms with van der Waals surface area (Å²) in [6.45, 7) is 2.40. The molecule has 116 valence electrons. The van der Waals surface area contributed by atoms with E-state index in [1.165, 1.54) is 12.5 Å². The van der Waals surface area contributed by atoms with E-state index in [0.29, 0.717) is 18.6 Å². The van der Waals surface area contributed by atoms with Crippen LogP contribution in [-0.2, 0) is 11.2 Å². The zero-order valence-electron chi connectivity index (χ0n) is 12.5. The molecule has 2 aliphatic carbocycles. The van der Waals surface area contributed by atoms with Gasteiger partial charge in [0.1, 0.15) is 11.6 Å². The first-order chi connectivity index (χ1) is 10.1. The van der Waals surface area contributed by atoms with Gasteiger partial charge in [0, 0.05) is 26.3 Å². The van der Waals surface area contributed by atoms with E-state index in [-0.39, 0.29) is 5.41 Å². The number of fused-ring (bicyclic) bond motifs is 1. The summed E-state index contributed by atoms with van der Waals surface area (Å²) in [5, 5.41) is 3.44. The molecule has 0 amide bonds. The Labute approximate surface area is 124 Å². The lowest BCUT2D eigenvalue weighted by atomic mass is 9.77. The molecule has 0 heterocycles. The highest BCUT2D eigenvalue weighted by Crippen LogP contribution is 2.60. The first kappa shape index (κ1) is 14.9. The van der Waals surface area contributed by atoms with E-state index in [9.17, 15) is 8.78 Å². The molecular weight excluding hydrogens is 272 g/mol. The quantitative estimate of drug-likeness (QED) is 0.780. The van der Waals surface area contributed by atoms with Gasteiger partial charge in [-0.1, -0.05) is 6.07 Å². The third-order valence-electron chi connectivity index (χ3n) is 5.02. The van der Waals surface area contributed by atoms with E-state index in [2.05, 4.69) is 5.32 Å². The molecule has 2 aliphatic rings. The van der Waals surface area contributed by atoms with Crippen LogP contribution in [0.3, 0.4) is 0 Å². The molecule has 1 aromatic carbocycles. The van der Waals surface area contributed by atoms with Crippen LogP contribution in [0.2, 0.25) is 0 Å². The summed E-state index contributed by atoms with van der Waals surface area (Å²) in [4.78, 5) is 0. The van der Waals surface area contributed by atoms with Crippen LogP contribution in [0, 0.1) is 28.9 Å². The molecule has 1 N–H and O–H groups in total. The van der Waals surface area contributed by atoms with Crippen molar-refractivity contribution in [2.45, 2.75) is 25.7 Å². The lowest BCUT2D eigenvalue weighted by molar-refractivity contribution is 0.185. The second kappa shape index (κ2) is 6.01. The Morgan fingerprint density at radius 2 is 2.05 bits per heavy atom. The lowest BCUT2D eigenvalue weighted by Crippen LogP contribution is -2.36. The van der Waals surface area contributed by atoms with Gasteiger partial charge in [0.15, 0.2) is 0 Å². The predicted octanol–water partition coefficient (Wildman–Crippen LogP) is 3.16. The summed E-state index contributed by atoms with van der Waals surface area (Å²) < 4.78 is 32.0. The van der Waals surface area contributed by atoms with Crippen molar-refractivity contribution in [3.63, 3.8) is 0 Å². The van der Waals surface area contributed by atoms with Crippen LogP contribution in [0.4, 0.5) is 8.78 Å². The molecule has 4 heteroatoms. The van der Waals surface area contributed by atoms with Crippen molar-refractivity contribution < 1.29 is 13.5 Å². The molecule has 2 atom stereocenters. The maximum Gasteiger partial charge on any atom is 0.129 e. The predicted molar refractivity (Wildman–Crippen MR) is 78.1 cm³/mol. The van der Waals surface area contributed by atoms with E-state index in [0.717, 1.165) is 43.8 Å². The summed E-state index contributed by atoms with van der Waals surface area (Å²) in [5.41, 5.74) is 0.770. The van der Waals surface area contributed by atoms with Crippen molar-refractivity contribution >= 4 is 0 Å². The average molecular weight is 295 g/mol. The maximum atomic E-state index is 13.9. The van der Waals surface area contributed by atoms with E-state index < -0.39 is 11.6 Å². The first-order valence-corrected chi connectivity index (χ1v) is 7.75. The van der Waals surface area contributed by atoms with Crippen LogP contribution < -0.4 is 5.32 Å². The largest absolute Gasteiger partial charge is 0.383 e. The molecule has 2 fully saturated rings. The topological polar surface area (TPSA) is 21.3 Å². The highest BCUT2D eigenvalue weighted by atomic mass is 19.1. The fourth-order valence-electron chi connectivity index (χ4n) is 3.95. The summed E-state index contributed by atoms with van der Waals surface area (Å²) in [7, 11) is 1.69. The van der Waals surface area contributed by atoms with Crippen LogP contribution >= 0.6 is 0 Å². The van der Waals surface area contributed by atoms with E-state index in [1.807, 2.05) is 0 Å². The minimum Gasteiger partial charge on any atom is -0.383 e. The number of hydrogen-bond acceptors (Lipinski definition) is 2. The zero-order chi connectivity index (χ0) is 14.9. The van der Waals surface area contributed by atoms with Crippen molar-refractivity contribution in [3.8, 4) is 0 Å². The Kier molecular flexibility index (Phi) is 4.27. The molecule has 21 heavy (non-hydrogen) atoms. The fraction of sp³-hybridized carbons (Fsp3) is 0.647. The van der Waals surface area contributed by atoms with E-state index >= 15 is 0 Å². The molecule has 0 aromatic heterocycles. The molecular formula is C17H23F2NO. The van der Waals surface area contributed by atoms with Gasteiger partial charge in [-0.25, -0.2) is 8.78 Å². The number of benzene rings is 1. The smallest absolute Gasteiger partial charge is 0.129 e. The number of ether oxygens (including phenoxy) is 1. The summed E-state index contributed by atoms with van der Waals surface area (Å²) >= 11 is 0. The Bertz CT molecular complexity index is 496. The molecule has 1 aromatic rings. The van der Waals surface area contributed by atoms with Gasteiger partial charge in [-0.3, -0.25) is 0 Å². The molecule has 0 saturated heterocycles. The van der Waals surface area contributed by atoms with Gasteiger partial charge in [0.2, 0.25) is 0 Å². The number of rotatable bonds is 7. The minimum absolute atomic E-state index is 0.125. The number of methoxy groups -OCH3 is 1. The lowest BCUT2D eigenvalue weighted by Gasteiger charge is -2.32. The molecule has 2 nitrogen and oxygen atoms in total. The Morgan fingerprint density at radius 1 is 1.29 bits per heavy atom. The summed E-state index contributed by atoms with van der Waals surface area (Å²) in [6, 6.07) is 3.96. The zero-order valence-corrected chi connectivity index (χ0v) is 12.5. The second-order valence-corrected chi connectivity index (χ2v) is 6.75. The molecule has 3 rings (SSSR count). The highest BCUT2D eigenvalue weighted by Gasteiger charge is 2.53. The highest BCUT2D eigenvalue weighted by molar-refractivity contribution is 5.22. The SMILES string of the molecule is COCCNCC1(Cc2ccc(F)cc2F)CC2CC2C1. The van der Waals surface area contributed by atoms with Gasteiger partial charge in [0.25, 0.3) is 0 Å². The van der Waals surface area contributed by atoms with Crippen LogP contribution in [0.25, 0.3) is 0 Å². The van der Waals surface area contributed by atoms with Crippen LogP contribution in [0.15, 0.2) is 18.2 Å². The van der Waals surface area contributed by atoms with Crippen molar-refractivity contribution in [2.24, 2.45) is 17.3 Å². The molecule has 0 bridgehead atoms. The minimum atomic E-state index is -0.502. The Balaban J connectivity index is 1.67. The average Bonchev–Trinajstić information content (AvgIpc) is 3.07. The number of nitrogens with one attached hydrogen (secondary N) is 1. The van der Waals surface area contributed by atoms with Crippen LogP contribution in [0.1, 0.15) is 24.8 Å². The third-order valence-corrected chi connectivity index (χ3v) is 5.02. The van der Waals surface area contributed by atoms with Gasteiger partial charge in [-0.2, -0.15) is 0 Å². The van der Waals surface area contributed by atoms with Crippen LogP contribution in [0.5, 0.6) is 0 Å². The normalized spacial score (nSPS) is 30.4. The third kappa shape index (κ3) is 3.43. The van der Waals surface area contributed by atoms with Gasteiger partial charge < -0.3 is 10.1 Å². The Morgan fingerprint density at radius 3 is 2.71 bits per heavy atom. The Hall–Kier alpha value is -1.00. The molecule has 0 aliphatic heterocycles. The van der Waals surface area contributed by atoms with Gasteiger partial charge >= 0.3 is 0 Å². The van der Waals surface area contributed by atoms with Gasteiger partial charge in [-0.05, 0) is 54.6 Å². The van der Waals surface area contributed by atoms with E-state index in [4.69, 9.17) is 4.74 Å². The monoisotopic (exact) mass is 295 g/mol. The maximum absolute atomic E-state index is 13.9. The molecule has 2 saturated carbocycles. The number of halogens is 2. The van der Waals surface area contributed by atoms with E-state index in [1.54, 1.807) is 13.2 Å². The molecule has 0 spiro atoms. The summed E-state index contributed by atoms with van der Waals surface area (Å²) in [6.07, 6.45) is 4.36. The van der Waals surface area contributed by atoms with Gasteiger partial charge in [-0.15, -0.1) is 0 Å². The van der Waals surface area contributed by atoms with Crippen molar-refractivity contribution in [2.75, 3.05) is 26.8 Å². The number of hydrogen-bond donors (Lipinski definition) is 1. The standard InChI is InChI=1S/C17H23F2NO/c1-21-5-4-20-11-17(9-13-6-14(13)10-17)8-12-2-3-15(18)7-16(12)19/h2-3,7,13-14,20H,4-6,8-11H2,1H3. The van der Waals surface area contributed by atoms with Gasteiger partial charge in [0.05, 0.1) is 6.61 Å². The summed E-state index contributed by atoms with van der Waals surface area (Å²) in [5.74, 6) is 0.750. The molecule has 0 radical (unpaired) electrons. The van der Waals surface area contributed by atoms with Crippen LogP contribution in [-0.4, -0.2) is 26.8 Å². The van der Waals surface area contributed by atoms with Crippen molar-refractivity contribution in [1.29, 1.82) is 0 Å². The fourth-order valence-corrected chi connectivity index (χ4v) is 3.95. The van der Waals surface area contributed by atoms with Crippen molar-refractivity contribution in [3.05, 3.63) is 35.4 Å². The second-order valence-electron chi connectivity index (χ2n) is 6.75. The molecule has 2 unspecified atom stereocenters. The first-order valence-electron chi connectivity index (χ1n) is 7.75. The van der Waals surface area contributed by atoms with Crippen molar-refractivity contribution in [1.82, 2.24) is 5.32 Å².